The van der Waals surface area contributed by atoms with Crippen LogP contribution >= 0.6 is 11.8 Å². The van der Waals surface area contributed by atoms with Crippen LogP contribution in [0.4, 0.5) is 0 Å². The van der Waals surface area contributed by atoms with Crippen LogP contribution in [0.25, 0.3) is 5.69 Å². The van der Waals surface area contributed by atoms with Crippen molar-refractivity contribution in [2.45, 2.75) is 32.0 Å². The lowest BCUT2D eigenvalue weighted by Crippen LogP contribution is -2.24. The van der Waals surface area contributed by atoms with Crippen molar-refractivity contribution >= 4 is 17.7 Å². The van der Waals surface area contributed by atoms with Gasteiger partial charge in [0.25, 0.3) is 0 Å². The van der Waals surface area contributed by atoms with Gasteiger partial charge in [0, 0.05) is 18.7 Å². The van der Waals surface area contributed by atoms with E-state index in [9.17, 15) is 4.79 Å². The number of benzene rings is 3. The Morgan fingerprint density at radius 2 is 1.50 bits per heavy atom. The molecule has 1 heterocycles. The van der Waals surface area contributed by atoms with Crippen LogP contribution in [0, 0.1) is 13.8 Å². The fourth-order valence-corrected chi connectivity index (χ4v) is 4.13. The first kappa shape index (κ1) is 21.8. The zero-order valence-electron chi connectivity index (χ0n) is 18.3. The summed E-state index contributed by atoms with van der Waals surface area (Å²) in [6.07, 6.45) is 0.669. The molecule has 0 atom stereocenters. The van der Waals surface area contributed by atoms with Crippen LogP contribution in [0.2, 0.25) is 0 Å². The summed E-state index contributed by atoms with van der Waals surface area (Å²) in [4.78, 5) is 12.5. The number of nitrogens with zero attached hydrogens (tertiary/aromatic N) is 3. The van der Waals surface area contributed by atoms with E-state index in [1.54, 1.807) is 0 Å². The van der Waals surface area contributed by atoms with Crippen LogP contribution in [0.3, 0.4) is 0 Å². The van der Waals surface area contributed by atoms with Crippen molar-refractivity contribution < 1.29 is 4.79 Å². The van der Waals surface area contributed by atoms with Crippen LogP contribution < -0.4 is 5.32 Å². The van der Waals surface area contributed by atoms with Gasteiger partial charge in [-0.25, -0.2) is 0 Å². The zero-order chi connectivity index (χ0) is 22.3. The molecule has 162 valence electrons. The van der Waals surface area contributed by atoms with E-state index in [1.165, 1.54) is 28.5 Å². The minimum atomic E-state index is -0.0290. The average Bonchev–Trinajstić information content (AvgIpc) is 3.21. The molecule has 32 heavy (non-hydrogen) atoms. The Bertz CT molecular complexity index is 1170. The van der Waals surface area contributed by atoms with Crippen molar-refractivity contribution in [2.75, 3.05) is 5.75 Å². The third-order valence-electron chi connectivity index (χ3n) is 5.14. The molecule has 0 aliphatic carbocycles. The molecule has 0 spiro atoms. The van der Waals surface area contributed by atoms with E-state index in [2.05, 4.69) is 77.9 Å². The summed E-state index contributed by atoms with van der Waals surface area (Å²) < 4.78 is 2.05. The second kappa shape index (κ2) is 10.3. The van der Waals surface area contributed by atoms with Gasteiger partial charge in [-0.2, -0.15) is 0 Å². The van der Waals surface area contributed by atoms with Crippen LogP contribution in [-0.4, -0.2) is 26.4 Å². The molecule has 4 rings (SSSR count). The molecular weight excluding hydrogens is 416 g/mol. The lowest BCUT2D eigenvalue weighted by Gasteiger charge is -2.11. The largest absolute Gasteiger partial charge is 0.351 e. The Morgan fingerprint density at radius 3 is 2.19 bits per heavy atom. The van der Waals surface area contributed by atoms with Crippen molar-refractivity contribution in [3.8, 4) is 5.69 Å². The molecular formula is C26H26N4OS. The Labute approximate surface area is 192 Å². The van der Waals surface area contributed by atoms with Gasteiger partial charge in [0.15, 0.2) is 5.16 Å². The lowest BCUT2D eigenvalue weighted by molar-refractivity contribution is -0.118. The van der Waals surface area contributed by atoms with Crippen LogP contribution in [0.15, 0.2) is 84.0 Å². The normalized spacial score (nSPS) is 10.8. The monoisotopic (exact) mass is 442 g/mol. The summed E-state index contributed by atoms with van der Waals surface area (Å²) in [5.41, 5.74) is 5.64. The summed E-state index contributed by atoms with van der Waals surface area (Å²) in [6.45, 7) is 4.63. The van der Waals surface area contributed by atoms with Gasteiger partial charge >= 0.3 is 0 Å². The van der Waals surface area contributed by atoms with E-state index in [4.69, 9.17) is 0 Å². The fraction of sp³-hybridized carbons (Fsp3) is 0.192. The summed E-state index contributed by atoms with van der Waals surface area (Å²) in [5.74, 6) is 1.10. The van der Waals surface area contributed by atoms with Crippen LogP contribution in [0.5, 0.6) is 0 Å². The van der Waals surface area contributed by atoms with Crippen molar-refractivity contribution in [3.63, 3.8) is 0 Å². The minimum Gasteiger partial charge on any atom is -0.351 e. The third kappa shape index (κ3) is 5.65. The number of carbonyl (C=O) groups excluding carboxylic acids is 1. The van der Waals surface area contributed by atoms with E-state index in [0.29, 0.717) is 18.1 Å². The standard InChI is InChI=1S/C26H26N4OS/c1-19-8-12-22(13-9-19)17-27-25(31)18-32-26-29-28-24(16-21-6-4-3-5-7-21)30(26)23-14-10-20(2)11-15-23/h3-15H,16-18H2,1-2H3,(H,27,31). The van der Waals surface area contributed by atoms with Gasteiger partial charge < -0.3 is 5.32 Å². The number of rotatable bonds is 8. The second-order valence-electron chi connectivity index (χ2n) is 7.78. The number of hydrogen-bond acceptors (Lipinski definition) is 4. The maximum atomic E-state index is 12.5. The van der Waals surface area contributed by atoms with Crippen molar-refractivity contribution in [1.29, 1.82) is 0 Å². The van der Waals surface area contributed by atoms with Crippen molar-refractivity contribution in [2.24, 2.45) is 0 Å². The molecule has 0 saturated heterocycles. The SMILES string of the molecule is Cc1ccc(CNC(=O)CSc2nnc(Cc3ccccc3)n2-c2ccc(C)cc2)cc1. The van der Waals surface area contributed by atoms with Gasteiger partial charge in [-0.15, -0.1) is 10.2 Å². The number of thioether (sulfide) groups is 1. The molecule has 3 aromatic carbocycles. The quantitative estimate of drug-likeness (QED) is 0.395. The molecule has 1 amide bonds. The predicted octanol–water partition coefficient (Wildman–Crippen LogP) is 4.88. The molecule has 0 unspecified atom stereocenters. The highest BCUT2D eigenvalue weighted by atomic mass is 32.2. The molecule has 6 heteroatoms. The third-order valence-corrected chi connectivity index (χ3v) is 6.07. The van der Waals surface area contributed by atoms with Gasteiger partial charge in [0.05, 0.1) is 5.75 Å². The molecule has 4 aromatic rings. The fourth-order valence-electron chi connectivity index (χ4n) is 3.33. The molecule has 0 aliphatic rings. The molecule has 0 bridgehead atoms. The Hall–Kier alpha value is -3.38. The van der Waals surface area contributed by atoms with E-state index < -0.39 is 0 Å². The summed E-state index contributed by atoms with van der Waals surface area (Å²) in [6, 6.07) is 26.7. The molecule has 1 aromatic heterocycles. The number of amides is 1. The maximum absolute atomic E-state index is 12.5. The van der Waals surface area contributed by atoms with Gasteiger partial charge in [0.2, 0.25) is 5.91 Å². The van der Waals surface area contributed by atoms with Crippen molar-refractivity contribution in [1.82, 2.24) is 20.1 Å². The molecule has 1 N–H and O–H groups in total. The molecule has 0 saturated carbocycles. The Morgan fingerprint density at radius 1 is 0.844 bits per heavy atom. The van der Waals surface area contributed by atoms with E-state index in [-0.39, 0.29) is 11.7 Å². The number of nitrogens with one attached hydrogen (secondary N) is 1. The van der Waals surface area contributed by atoms with Gasteiger partial charge in [-0.05, 0) is 37.1 Å². The first-order valence-electron chi connectivity index (χ1n) is 10.6. The van der Waals surface area contributed by atoms with E-state index in [0.717, 1.165) is 17.1 Å². The maximum Gasteiger partial charge on any atom is 0.230 e. The number of aromatic nitrogens is 3. The summed E-state index contributed by atoms with van der Waals surface area (Å²) >= 11 is 1.40. The highest BCUT2D eigenvalue weighted by Crippen LogP contribution is 2.24. The Kier molecular flexibility index (Phi) is 7.02. The first-order chi connectivity index (χ1) is 15.6. The predicted molar refractivity (Wildman–Crippen MR) is 129 cm³/mol. The number of aryl methyl sites for hydroxylation is 2. The highest BCUT2D eigenvalue weighted by Gasteiger charge is 2.16. The zero-order valence-corrected chi connectivity index (χ0v) is 19.1. The number of hydrogen-bond donors (Lipinski definition) is 1. The van der Waals surface area contributed by atoms with Crippen LogP contribution in [-0.2, 0) is 17.8 Å². The topological polar surface area (TPSA) is 59.8 Å². The molecule has 5 nitrogen and oxygen atoms in total. The van der Waals surface area contributed by atoms with Crippen LogP contribution in [0.1, 0.15) is 28.1 Å². The smallest absolute Gasteiger partial charge is 0.230 e. The first-order valence-corrected chi connectivity index (χ1v) is 11.6. The van der Waals surface area contributed by atoms with Gasteiger partial charge in [0.1, 0.15) is 5.82 Å². The van der Waals surface area contributed by atoms with Gasteiger partial charge in [-0.1, -0.05) is 89.6 Å². The number of carbonyl (C=O) groups is 1. The second-order valence-corrected chi connectivity index (χ2v) is 8.73. The molecule has 0 fully saturated rings. The highest BCUT2D eigenvalue weighted by molar-refractivity contribution is 7.99. The van der Waals surface area contributed by atoms with E-state index in [1.807, 2.05) is 34.9 Å². The van der Waals surface area contributed by atoms with Crippen molar-refractivity contribution in [3.05, 3.63) is 107 Å². The summed E-state index contributed by atoms with van der Waals surface area (Å²) in [7, 11) is 0. The van der Waals surface area contributed by atoms with Gasteiger partial charge in [-0.3, -0.25) is 9.36 Å². The summed E-state index contributed by atoms with van der Waals surface area (Å²) in [5, 5.41) is 12.6. The Balaban J connectivity index is 1.48. The lowest BCUT2D eigenvalue weighted by atomic mass is 10.1. The molecule has 0 aliphatic heterocycles. The minimum absolute atomic E-state index is 0.0290. The molecule has 0 radical (unpaired) electrons. The average molecular weight is 443 g/mol. The van der Waals surface area contributed by atoms with E-state index >= 15 is 0 Å².